The summed E-state index contributed by atoms with van der Waals surface area (Å²) in [5.74, 6) is -0.381. The minimum Gasteiger partial charge on any atom is -0.461 e. The Morgan fingerprint density at radius 2 is 2.14 bits per heavy atom. The molecule has 1 fully saturated rings. The molecule has 2 aromatic rings. The van der Waals surface area contributed by atoms with Crippen LogP contribution in [0, 0.1) is 6.92 Å². The molecule has 2 aliphatic rings. The molecule has 1 aliphatic carbocycles. The third kappa shape index (κ3) is 3.32. The van der Waals surface area contributed by atoms with Gasteiger partial charge >= 0.3 is 5.97 Å². The third-order valence-corrected chi connectivity index (χ3v) is 5.83. The summed E-state index contributed by atoms with van der Waals surface area (Å²) < 4.78 is 16.3. The van der Waals surface area contributed by atoms with Crippen LogP contribution in [0.4, 0.5) is 0 Å². The van der Waals surface area contributed by atoms with Gasteiger partial charge in [-0.3, -0.25) is 4.90 Å². The van der Waals surface area contributed by atoms with E-state index in [4.69, 9.17) is 14.2 Å². The van der Waals surface area contributed by atoms with Crippen molar-refractivity contribution in [1.29, 1.82) is 0 Å². The number of carbonyl (C=O) groups excluding carboxylic acids is 1. The zero-order valence-electron chi connectivity index (χ0n) is 17.0. The number of fused-ring (bicyclic) bond motifs is 3. The molecule has 1 atom stereocenters. The van der Waals surface area contributed by atoms with Gasteiger partial charge in [-0.25, -0.2) is 9.78 Å². The van der Waals surface area contributed by atoms with Crippen molar-refractivity contribution in [1.82, 2.24) is 14.9 Å². The lowest BCUT2D eigenvalue weighted by Gasteiger charge is -2.37. The van der Waals surface area contributed by atoms with Gasteiger partial charge in [0.25, 0.3) is 0 Å². The largest absolute Gasteiger partial charge is 0.461 e. The second-order valence-corrected chi connectivity index (χ2v) is 7.50. The predicted octanol–water partition coefficient (Wildman–Crippen LogP) is 2.90. The second-order valence-electron chi connectivity index (χ2n) is 7.50. The molecule has 1 aliphatic heterocycles. The van der Waals surface area contributed by atoms with E-state index in [2.05, 4.69) is 14.9 Å². The number of carbonyl (C=O) groups is 1. The predicted molar refractivity (Wildman–Crippen MR) is 106 cm³/mol. The molecule has 1 N–H and O–H groups in total. The fourth-order valence-electron chi connectivity index (χ4n) is 4.65. The number of hydrogen-bond acceptors (Lipinski definition) is 6. The maximum absolute atomic E-state index is 12.6. The van der Waals surface area contributed by atoms with Gasteiger partial charge in [0, 0.05) is 42.9 Å². The first kappa shape index (κ1) is 19.4. The number of rotatable bonds is 5. The van der Waals surface area contributed by atoms with Gasteiger partial charge in [0.15, 0.2) is 5.69 Å². The van der Waals surface area contributed by atoms with Crippen molar-refractivity contribution < 1.29 is 19.0 Å². The number of aromatic nitrogens is 2. The number of esters is 1. The summed E-state index contributed by atoms with van der Waals surface area (Å²) in [7, 11) is 1.65. The molecule has 4 rings (SSSR count). The van der Waals surface area contributed by atoms with Crippen LogP contribution in [0.25, 0.3) is 10.9 Å². The maximum Gasteiger partial charge on any atom is 0.357 e. The number of methoxy groups -OCH3 is 1. The monoisotopic (exact) mass is 387 g/mol. The van der Waals surface area contributed by atoms with E-state index in [-0.39, 0.29) is 5.97 Å². The Balaban J connectivity index is 1.92. The van der Waals surface area contributed by atoms with E-state index in [1.807, 2.05) is 13.8 Å². The highest BCUT2D eigenvalue weighted by atomic mass is 16.5. The number of aromatic amines is 1. The molecule has 152 valence electrons. The van der Waals surface area contributed by atoms with Gasteiger partial charge in [-0.1, -0.05) is 0 Å². The lowest BCUT2D eigenvalue weighted by atomic mass is 9.87. The fraction of sp³-hybridized carbons (Fsp3) is 0.619. The highest BCUT2D eigenvalue weighted by Gasteiger charge is 2.33. The van der Waals surface area contributed by atoms with Crippen molar-refractivity contribution in [3.63, 3.8) is 0 Å². The number of ether oxygens (including phenoxy) is 3. The Bertz CT molecular complexity index is 870. The molecule has 7 heteroatoms. The van der Waals surface area contributed by atoms with Crippen molar-refractivity contribution in [3.8, 4) is 0 Å². The summed E-state index contributed by atoms with van der Waals surface area (Å²) in [5, 5.41) is 1.10. The van der Waals surface area contributed by atoms with E-state index < -0.39 is 0 Å². The molecule has 0 radical (unpaired) electrons. The van der Waals surface area contributed by atoms with Crippen molar-refractivity contribution in [2.75, 3.05) is 40.0 Å². The lowest BCUT2D eigenvalue weighted by Crippen LogP contribution is -2.40. The Hall–Kier alpha value is -1.96. The smallest absolute Gasteiger partial charge is 0.357 e. The number of pyridine rings is 1. The first-order valence-corrected chi connectivity index (χ1v) is 10.2. The average molecular weight is 387 g/mol. The van der Waals surface area contributed by atoms with Crippen LogP contribution in [-0.4, -0.2) is 60.9 Å². The van der Waals surface area contributed by atoms with E-state index in [0.717, 1.165) is 67.7 Å². The van der Waals surface area contributed by atoms with E-state index in [0.29, 0.717) is 24.9 Å². The van der Waals surface area contributed by atoms with Crippen molar-refractivity contribution in [2.45, 2.75) is 45.8 Å². The molecule has 1 saturated heterocycles. The first-order valence-electron chi connectivity index (χ1n) is 10.2. The van der Waals surface area contributed by atoms with Crippen LogP contribution < -0.4 is 0 Å². The topological polar surface area (TPSA) is 76.7 Å². The summed E-state index contributed by atoms with van der Waals surface area (Å²) in [4.78, 5) is 23.4. The highest BCUT2D eigenvalue weighted by Crippen LogP contribution is 2.42. The van der Waals surface area contributed by atoms with E-state index in [1.165, 1.54) is 11.3 Å². The first-order chi connectivity index (χ1) is 13.7. The number of nitrogens with one attached hydrogen (secondary N) is 1. The van der Waals surface area contributed by atoms with Crippen LogP contribution in [-0.2, 0) is 27.2 Å². The summed E-state index contributed by atoms with van der Waals surface area (Å²) in [6, 6.07) is 0.328. The van der Waals surface area contributed by atoms with Crippen LogP contribution >= 0.6 is 0 Å². The van der Waals surface area contributed by atoms with Gasteiger partial charge < -0.3 is 19.2 Å². The van der Waals surface area contributed by atoms with Crippen LogP contribution in [0.5, 0.6) is 0 Å². The summed E-state index contributed by atoms with van der Waals surface area (Å²) in [6.45, 7) is 7.83. The number of hydrogen-bond donors (Lipinski definition) is 1. The highest BCUT2D eigenvalue weighted by molar-refractivity contribution is 5.99. The van der Waals surface area contributed by atoms with Crippen LogP contribution in [0.1, 0.15) is 58.8 Å². The van der Waals surface area contributed by atoms with Gasteiger partial charge in [0.1, 0.15) is 0 Å². The van der Waals surface area contributed by atoms with E-state index in [1.54, 1.807) is 7.11 Å². The average Bonchev–Trinajstić information content (AvgIpc) is 3.11. The summed E-state index contributed by atoms with van der Waals surface area (Å²) >= 11 is 0. The van der Waals surface area contributed by atoms with E-state index >= 15 is 0 Å². The molecule has 0 aromatic carbocycles. The number of nitrogens with zero attached hydrogens (tertiary/aromatic N) is 2. The maximum atomic E-state index is 12.6. The minimum absolute atomic E-state index is 0.325. The van der Waals surface area contributed by atoms with Gasteiger partial charge in [0.2, 0.25) is 0 Å². The summed E-state index contributed by atoms with van der Waals surface area (Å²) in [5.41, 5.74) is 5.63. The minimum atomic E-state index is -0.381. The normalized spacial score (nSPS) is 20.3. The van der Waals surface area contributed by atoms with E-state index in [9.17, 15) is 4.79 Å². The second kappa shape index (κ2) is 8.19. The fourth-order valence-corrected chi connectivity index (χ4v) is 4.65. The summed E-state index contributed by atoms with van der Waals surface area (Å²) in [6.07, 6.45) is 3.28. The van der Waals surface area contributed by atoms with Gasteiger partial charge in [-0.2, -0.15) is 0 Å². The molecule has 0 amide bonds. The molecule has 1 unspecified atom stereocenters. The van der Waals surface area contributed by atoms with Crippen LogP contribution in [0.15, 0.2) is 0 Å². The number of aryl methyl sites for hydroxylation is 2. The van der Waals surface area contributed by atoms with Crippen LogP contribution in [0.3, 0.4) is 0 Å². The zero-order chi connectivity index (χ0) is 19.7. The molecule has 28 heavy (non-hydrogen) atoms. The van der Waals surface area contributed by atoms with Crippen molar-refractivity contribution in [3.05, 3.63) is 28.2 Å². The van der Waals surface area contributed by atoms with Gasteiger partial charge in [-0.05, 0) is 38.7 Å². The Kier molecular flexibility index (Phi) is 5.66. The number of H-pyrrole nitrogens is 1. The molecule has 0 spiro atoms. The molecule has 0 bridgehead atoms. The molecule has 2 aromatic heterocycles. The van der Waals surface area contributed by atoms with Crippen molar-refractivity contribution in [2.24, 2.45) is 0 Å². The van der Waals surface area contributed by atoms with Crippen LogP contribution in [0.2, 0.25) is 0 Å². The lowest BCUT2D eigenvalue weighted by molar-refractivity contribution is 0.0127. The standard InChI is InChI=1S/C21H29N3O4/c1-4-28-21(25)20-14(12-26-3)17-18-15(23-19(17)13(2)22-20)6-5-7-16(18)24-8-10-27-11-9-24/h16,23H,4-12H2,1-3H3. The molecule has 0 saturated carbocycles. The number of morpholine rings is 1. The molecular weight excluding hydrogens is 358 g/mol. The van der Waals surface area contributed by atoms with Gasteiger partial charge in [-0.15, -0.1) is 0 Å². The Morgan fingerprint density at radius 3 is 2.86 bits per heavy atom. The Labute approximate surface area is 165 Å². The molecule has 3 heterocycles. The zero-order valence-corrected chi connectivity index (χ0v) is 17.0. The van der Waals surface area contributed by atoms with Crippen molar-refractivity contribution >= 4 is 16.9 Å². The molecule has 7 nitrogen and oxygen atoms in total. The molecular formula is C21H29N3O4. The SMILES string of the molecule is CCOC(=O)c1nc(C)c2[nH]c3c(c2c1COC)C(N1CCOCC1)CCC3. The third-order valence-electron chi connectivity index (χ3n) is 5.83. The Morgan fingerprint density at radius 1 is 1.36 bits per heavy atom. The quantitative estimate of drug-likeness (QED) is 0.795. The van der Waals surface area contributed by atoms with Gasteiger partial charge in [0.05, 0.1) is 37.6 Å².